The van der Waals surface area contributed by atoms with Gasteiger partial charge in [-0.05, 0) is 48.7 Å². The summed E-state index contributed by atoms with van der Waals surface area (Å²) < 4.78 is 2.20. The zero-order valence-corrected chi connectivity index (χ0v) is 21.0. The highest BCUT2D eigenvalue weighted by Crippen LogP contribution is 2.28. The summed E-state index contributed by atoms with van der Waals surface area (Å²) in [7, 11) is 0. The van der Waals surface area contributed by atoms with Crippen molar-refractivity contribution in [2.75, 3.05) is 6.54 Å². The van der Waals surface area contributed by atoms with Gasteiger partial charge in [-0.2, -0.15) is 0 Å². The molecule has 4 rings (SSSR count). The quantitative estimate of drug-likeness (QED) is 0.229. The van der Waals surface area contributed by atoms with Crippen LogP contribution in [0.4, 0.5) is 0 Å². The number of aromatic nitrogens is 2. The Labute approximate surface area is 214 Å². The number of unbranched alkanes of at least 4 members (excludes halogenated alkanes) is 2. The molecule has 0 aliphatic rings. The third kappa shape index (κ3) is 6.12. The summed E-state index contributed by atoms with van der Waals surface area (Å²) >= 11 is 19.0. The number of carbonyl (C=O) groups excluding carboxylic acids is 1. The highest BCUT2D eigenvalue weighted by Gasteiger charge is 2.14. The number of nitrogens with zero attached hydrogens (tertiary/aromatic N) is 2. The van der Waals surface area contributed by atoms with Gasteiger partial charge in [-0.1, -0.05) is 77.6 Å². The summed E-state index contributed by atoms with van der Waals surface area (Å²) in [5.74, 6) is 1.01. The zero-order valence-electron chi connectivity index (χ0n) is 18.7. The van der Waals surface area contributed by atoms with Crippen LogP contribution < -0.4 is 5.32 Å². The lowest BCUT2D eigenvalue weighted by Crippen LogP contribution is -2.26. The number of hydrogen-bond donors (Lipinski definition) is 1. The number of imidazole rings is 1. The molecule has 0 bridgehead atoms. The molecule has 34 heavy (non-hydrogen) atoms. The highest BCUT2D eigenvalue weighted by atomic mass is 35.5. The van der Waals surface area contributed by atoms with Crippen LogP contribution in [0.1, 0.15) is 36.2 Å². The van der Waals surface area contributed by atoms with Crippen LogP contribution in [0.15, 0.2) is 66.7 Å². The lowest BCUT2D eigenvalue weighted by Gasteiger charge is -2.12. The fourth-order valence-corrected chi connectivity index (χ4v) is 4.74. The molecule has 4 aromatic rings. The number of para-hydroxylation sites is 2. The van der Waals surface area contributed by atoms with Gasteiger partial charge in [-0.3, -0.25) is 4.79 Å². The summed E-state index contributed by atoms with van der Waals surface area (Å²) in [6.07, 6.45) is 4.01. The number of carbonyl (C=O) groups is 1. The molecule has 0 saturated carbocycles. The first-order chi connectivity index (χ1) is 16.5. The van der Waals surface area contributed by atoms with E-state index in [0.29, 0.717) is 34.6 Å². The van der Waals surface area contributed by atoms with Gasteiger partial charge in [0.2, 0.25) is 5.91 Å². The third-order valence-corrected chi connectivity index (χ3v) is 6.90. The van der Waals surface area contributed by atoms with Crippen LogP contribution in [0, 0.1) is 0 Å². The first-order valence-corrected chi connectivity index (χ1v) is 12.5. The van der Waals surface area contributed by atoms with Gasteiger partial charge < -0.3 is 9.88 Å². The van der Waals surface area contributed by atoms with E-state index in [2.05, 4.69) is 16.0 Å². The lowest BCUT2D eigenvalue weighted by molar-refractivity contribution is -0.120. The average molecular weight is 515 g/mol. The lowest BCUT2D eigenvalue weighted by atomic mass is 10.1. The second-order valence-corrected chi connectivity index (χ2v) is 9.45. The standard InChI is InChI=1S/C27H26Cl3N3O/c28-21-10-4-3-9-19(21)17-27(34)31-16-7-1-2-15-26-32-24-13-5-6-14-25(24)33(26)18-20-22(29)11-8-12-23(20)30/h3-6,8-14H,1-2,7,15-18H2,(H,31,34). The van der Waals surface area contributed by atoms with E-state index < -0.39 is 0 Å². The second-order valence-electron chi connectivity index (χ2n) is 8.23. The summed E-state index contributed by atoms with van der Waals surface area (Å²) in [5.41, 5.74) is 3.78. The highest BCUT2D eigenvalue weighted by molar-refractivity contribution is 6.36. The van der Waals surface area contributed by atoms with Crippen LogP contribution in [0.5, 0.6) is 0 Å². The van der Waals surface area contributed by atoms with E-state index >= 15 is 0 Å². The molecule has 0 fully saturated rings. The molecule has 0 aliphatic heterocycles. The minimum atomic E-state index is -0.00786. The Morgan fingerprint density at radius 2 is 1.53 bits per heavy atom. The number of nitrogens with one attached hydrogen (secondary N) is 1. The number of amides is 1. The Morgan fingerprint density at radius 1 is 0.824 bits per heavy atom. The SMILES string of the molecule is O=C(Cc1ccccc1Cl)NCCCCCc1nc2ccccc2n1Cc1c(Cl)cccc1Cl. The van der Waals surface area contributed by atoms with Crippen LogP contribution in [0.2, 0.25) is 15.1 Å². The maximum absolute atomic E-state index is 12.2. The van der Waals surface area contributed by atoms with E-state index in [1.54, 1.807) is 6.07 Å². The Hall–Kier alpha value is -2.53. The fourth-order valence-electron chi connectivity index (χ4n) is 4.02. The first kappa shape index (κ1) is 24.6. The van der Waals surface area contributed by atoms with E-state index in [4.69, 9.17) is 39.8 Å². The largest absolute Gasteiger partial charge is 0.356 e. The number of aryl methyl sites for hydroxylation is 1. The van der Waals surface area contributed by atoms with Crippen molar-refractivity contribution in [3.63, 3.8) is 0 Å². The Balaban J connectivity index is 1.32. The van der Waals surface area contributed by atoms with Gasteiger partial charge in [0.05, 0.1) is 24.0 Å². The maximum Gasteiger partial charge on any atom is 0.224 e. The van der Waals surface area contributed by atoms with E-state index in [9.17, 15) is 4.79 Å². The van der Waals surface area contributed by atoms with Crippen molar-refractivity contribution in [2.24, 2.45) is 0 Å². The van der Waals surface area contributed by atoms with Crippen LogP contribution in [0.25, 0.3) is 11.0 Å². The molecule has 0 atom stereocenters. The number of benzene rings is 3. The minimum Gasteiger partial charge on any atom is -0.356 e. The van der Waals surface area contributed by atoms with Gasteiger partial charge in [0.15, 0.2) is 0 Å². The van der Waals surface area contributed by atoms with Crippen LogP contribution in [0.3, 0.4) is 0 Å². The van der Waals surface area contributed by atoms with Crippen LogP contribution >= 0.6 is 34.8 Å². The molecule has 0 saturated heterocycles. The van der Waals surface area contributed by atoms with Crippen LogP contribution in [-0.2, 0) is 24.2 Å². The fraction of sp³-hybridized carbons (Fsp3) is 0.259. The summed E-state index contributed by atoms with van der Waals surface area (Å²) in [4.78, 5) is 17.1. The van der Waals surface area contributed by atoms with Gasteiger partial charge in [0, 0.05) is 33.6 Å². The van der Waals surface area contributed by atoms with Crippen molar-refractivity contribution in [2.45, 2.75) is 38.6 Å². The van der Waals surface area contributed by atoms with Crippen molar-refractivity contribution in [3.05, 3.63) is 98.7 Å². The molecule has 4 nitrogen and oxygen atoms in total. The molecule has 0 spiro atoms. The number of fused-ring (bicyclic) bond motifs is 1. The van der Waals surface area contributed by atoms with Gasteiger partial charge in [-0.25, -0.2) is 4.98 Å². The van der Waals surface area contributed by atoms with Gasteiger partial charge in [0.25, 0.3) is 0 Å². The monoisotopic (exact) mass is 513 g/mol. The molecule has 1 heterocycles. The molecular formula is C27H26Cl3N3O. The van der Waals surface area contributed by atoms with E-state index in [1.807, 2.05) is 54.6 Å². The molecule has 3 aromatic carbocycles. The van der Waals surface area contributed by atoms with Crippen molar-refractivity contribution in [1.29, 1.82) is 0 Å². The van der Waals surface area contributed by atoms with Crippen molar-refractivity contribution < 1.29 is 4.79 Å². The number of hydrogen-bond acceptors (Lipinski definition) is 2. The van der Waals surface area contributed by atoms with Gasteiger partial charge in [0.1, 0.15) is 5.82 Å². The average Bonchev–Trinajstić information content (AvgIpc) is 3.17. The molecule has 0 aliphatic carbocycles. The zero-order chi connectivity index (χ0) is 23.9. The van der Waals surface area contributed by atoms with E-state index in [1.165, 1.54) is 0 Å². The predicted molar refractivity (Wildman–Crippen MR) is 141 cm³/mol. The van der Waals surface area contributed by atoms with Crippen molar-refractivity contribution in [1.82, 2.24) is 14.9 Å². The first-order valence-electron chi connectivity index (χ1n) is 11.4. The Bertz CT molecular complexity index is 1270. The molecule has 0 unspecified atom stereocenters. The molecule has 0 radical (unpaired) electrons. The molecular weight excluding hydrogens is 489 g/mol. The molecule has 176 valence electrons. The van der Waals surface area contributed by atoms with Crippen LogP contribution in [-0.4, -0.2) is 22.0 Å². The molecule has 7 heteroatoms. The van der Waals surface area contributed by atoms with Gasteiger partial charge in [-0.15, -0.1) is 0 Å². The summed E-state index contributed by atoms with van der Waals surface area (Å²) in [6.45, 7) is 1.22. The van der Waals surface area contributed by atoms with Gasteiger partial charge >= 0.3 is 0 Å². The Morgan fingerprint density at radius 3 is 2.32 bits per heavy atom. The minimum absolute atomic E-state index is 0.00786. The molecule has 1 N–H and O–H groups in total. The predicted octanol–water partition coefficient (Wildman–Crippen LogP) is 7.12. The third-order valence-electron chi connectivity index (χ3n) is 5.82. The maximum atomic E-state index is 12.2. The molecule has 1 aromatic heterocycles. The Kier molecular flexibility index (Phi) is 8.49. The number of halogens is 3. The summed E-state index contributed by atoms with van der Waals surface area (Å²) in [6, 6.07) is 21.1. The van der Waals surface area contributed by atoms with Crippen molar-refractivity contribution in [3.8, 4) is 0 Å². The number of rotatable bonds is 10. The topological polar surface area (TPSA) is 46.9 Å². The van der Waals surface area contributed by atoms with Crippen molar-refractivity contribution >= 4 is 51.7 Å². The summed E-state index contributed by atoms with van der Waals surface area (Å²) in [5, 5.41) is 4.92. The van der Waals surface area contributed by atoms with E-state index in [0.717, 1.165) is 53.7 Å². The van der Waals surface area contributed by atoms with E-state index in [-0.39, 0.29) is 5.91 Å². The second kappa shape index (κ2) is 11.7. The normalized spacial score (nSPS) is 11.1. The molecule has 1 amide bonds. The smallest absolute Gasteiger partial charge is 0.224 e.